The lowest BCUT2D eigenvalue weighted by Crippen LogP contribution is -2.05. The van der Waals surface area contributed by atoms with Crippen LogP contribution >= 0.6 is 23.4 Å². The normalized spacial score (nSPS) is 10.4. The SMILES string of the molecule is O=C(CSc1cccc(Cl)c1)Cc1ccc(O)cc1. The zero-order valence-corrected chi connectivity index (χ0v) is 11.7. The number of phenolic OH excluding ortho intramolecular Hbond substituents is 1. The Bertz CT molecular complexity index is 567. The summed E-state index contributed by atoms with van der Waals surface area (Å²) in [6.45, 7) is 0. The third kappa shape index (κ3) is 4.62. The molecule has 2 nitrogen and oxygen atoms in total. The molecule has 0 aliphatic heterocycles. The van der Waals surface area contributed by atoms with Gasteiger partial charge in [0, 0.05) is 16.3 Å². The van der Waals surface area contributed by atoms with Gasteiger partial charge in [0.05, 0.1) is 5.75 Å². The van der Waals surface area contributed by atoms with Crippen LogP contribution in [0.5, 0.6) is 5.75 Å². The van der Waals surface area contributed by atoms with E-state index < -0.39 is 0 Å². The Morgan fingerprint density at radius 2 is 1.89 bits per heavy atom. The van der Waals surface area contributed by atoms with Crippen molar-refractivity contribution in [2.45, 2.75) is 11.3 Å². The van der Waals surface area contributed by atoms with E-state index in [-0.39, 0.29) is 11.5 Å². The van der Waals surface area contributed by atoms with Crippen LogP contribution in [0.4, 0.5) is 0 Å². The topological polar surface area (TPSA) is 37.3 Å². The van der Waals surface area contributed by atoms with E-state index in [9.17, 15) is 4.79 Å². The maximum Gasteiger partial charge on any atom is 0.147 e. The minimum Gasteiger partial charge on any atom is -0.508 e. The highest BCUT2D eigenvalue weighted by molar-refractivity contribution is 8.00. The van der Waals surface area contributed by atoms with Gasteiger partial charge in [-0.15, -0.1) is 11.8 Å². The Morgan fingerprint density at radius 1 is 1.16 bits per heavy atom. The lowest BCUT2D eigenvalue weighted by molar-refractivity contribution is -0.116. The van der Waals surface area contributed by atoms with Crippen LogP contribution in [0.2, 0.25) is 5.02 Å². The number of phenols is 1. The lowest BCUT2D eigenvalue weighted by atomic mass is 10.1. The van der Waals surface area contributed by atoms with Crippen LogP contribution in [0.15, 0.2) is 53.4 Å². The smallest absolute Gasteiger partial charge is 0.147 e. The number of rotatable bonds is 5. The van der Waals surface area contributed by atoms with Gasteiger partial charge in [-0.05, 0) is 35.9 Å². The van der Waals surface area contributed by atoms with Crippen LogP contribution in [0.1, 0.15) is 5.56 Å². The van der Waals surface area contributed by atoms with E-state index >= 15 is 0 Å². The summed E-state index contributed by atoms with van der Waals surface area (Å²) >= 11 is 7.36. The molecule has 2 rings (SSSR count). The van der Waals surface area contributed by atoms with Crippen molar-refractivity contribution < 1.29 is 9.90 Å². The molecule has 4 heteroatoms. The molecule has 0 aliphatic carbocycles. The van der Waals surface area contributed by atoms with Gasteiger partial charge in [0.1, 0.15) is 11.5 Å². The van der Waals surface area contributed by atoms with Crippen molar-refractivity contribution in [2.24, 2.45) is 0 Å². The highest BCUT2D eigenvalue weighted by Gasteiger charge is 2.05. The summed E-state index contributed by atoms with van der Waals surface area (Å²) in [7, 11) is 0. The molecule has 0 heterocycles. The molecule has 0 amide bonds. The number of ketones is 1. The molecule has 0 aromatic heterocycles. The van der Waals surface area contributed by atoms with Crippen molar-refractivity contribution in [1.29, 1.82) is 0 Å². The molecule has 2 aromatic carbocycles. The van der Waals surface area contributed by atoms with Crippen molar-refractivity contribution in [1.82, 2.24) is 0 Å². The van der Waals surface area contributed by atoms with Crippen LogP contribution in [0, 0.1) is 0 Å². The zero-order chi connectivity index (χ0) is 13.7. The highest BCUT2D eigenvalue weighted by Crippen LogP contribution is 2.22. The molecule has 0 saturated heterocycles. The number of halogens is 1. The first-order valence-electron chi connectivity index (χ1n) is 5.81. The second-order valence-electron chi connectivity index (χ2n) is 4.13. The molecular formula is C15H13ClO2S. The monoisotopic (exact) mass is 292 g/mol. The predicted octanol–water partition coefficient (Wildman–Crippen LogP) is 3.95. The summed E-state index contributed by atoms with van der Waals surface area (Å²) in [6.07, 6.45) is 0.383. The van der Waals surface area contributed by atoms with Crippen molar-refractivity contribution in [2.75, 3.05) is 5.75 Å². The van der Waals surface area contributed by atoms with Gasteiger partial charge in [-0.25, -0.2) is 0 Å². The average Bonchev–Trinajstić information content (AvgIpc) is 2.39. The summed E-state index contributed by atoms with van der Waals surface area (Å²) in [5.41, 5.74) is 0.912. The molecular weight excluding hydrogens is 280 g/mol. The van der Waals surface area contributed by atoms with Crippen molar-refractivity contribution in [3.63, 3.8) is 0 Å². The predicted molar refractivity (Wildman–Crippen MR) is 79.0 cm³/mol. The van der Waals surface area contributed by atoms with Crippen LogP contribution in [0.25, 0.3) is 0 Å². The van der Waals surface area contributed by atoms with Gasteiger partial charge < -0.3 is 5.11 Å². The van der Waals surface area contributed by atoms with Crippen LogP contribution in [0.3, 0.4) is 0 Å². The third-order valence-corrected chi connectivity index (χ3v) is 3.82. The fourth-order valence-corrected chi connectivity index (χ4v) is 2.68. The first kappa shape index (κ1) is 14.0. The number of carbonyl (C=O) groups excluding carboxylic acids is 1. The first-order valence-corrected chi connectivity index (χ1v) is 7.18. The maximum absolute atomic E-state index is 11.8. The minimum atomic E-state index is 0.149. The Hall–Kier alpha value is -1.45. The number of hydrogen-bond donors (Lipinski definition) is 1. The van der Waals surface area contributed by atoms with E-state index in [4.69, 9.17) is 16.7 Å². The summed E-state index contributed by atoms with van der Waals surface area (Å²) in [6, 6.07) is 14.2. The zero-order valence-electron chi connectivity index (χ0n) is 10.2. The molecule has 19 heavy (non-hydrogen) atoms. The molecule has 0 unspecified atom stereocenters. The van der Waals surface area contributed by atoms with E-state index in [2.05, 4.69) is 0 Å². The molecule has 0 radical (unpaired) electrons. The molecule has 0 aliphatic rings. The number of carbonyl (C=O) groups is 1. The molecule has 0 saturated carbocycles. The van der Waals surface area contributed by atoms with Gasteiger partial charge in [0.15, 0.2) is 0 Å². The van der Waals surface area contributed by atoms with Gasteiger partial charge in [0.25, 0.3) is 0 Å². The highest BCUT2D eigenvalue weighted by atomic mass is 35.5. The Labute approximate surface area is 121 Å². The van der Waals surface area contributed by atoms with Gasteiger partial charge in [-0.2, -0.15) is 0 Å². The van der Waals surface area contributed by atoms with E-state index in [0.29, 0.717) is 17.2 Å². The van der Waals surface area contributed by atoms with E-state index in [1.165, 1.54) is 11.8 Å². The molecule has 0 spiro atoms. The standard InChI is InChI=1S/C15H13ClO2S/c16-12-2-1-3-15(9-12)19-10-14(18)8-11-4-6-13(17)7-5-11/h1-7,9,17H,8,10H2. The van der Waals surface area contributed by atoms with Gasteiger partial charge in [0.2, 0.25) is 0 Å². The number of Topliss-reactive ketones (excluding diaryl/α,β-unsaturated/α-hetero) is 1. The summed E-state index contributed by atoms with van der Waals surface area (Å²) in [5.74, 6) is 0.779. The van der Waals surface area contributed by atoms with Gasteiger partial charge in [-0.3, -0.25) is 4.79 Å². The fourth-order valence-electron chi connectivity index (χ4n) is 1.61. The Kier molecular flexibility index (Phi) is 4.88. The molecule has 2 aromatic rings. The van der Waals surface area contributed by atoms with Crippen molar-refractivity contribution in [3.05, 3.63) is 59.1 Å². The second-order valence-corrected chi connectivity index (χ2v) is 5.61. The van der Waals surface area contributed by atoms with Crippen LogP contribution in [-0.4, -0.2) is 16.6 Å². The molecule has 98 valence electrons. The van der Waals surface area contributed by atoms with E-state index in [1.54, 1.807) is 24.3 Å². The van der Waals surface area contributed by atoms with Crippen molar-refractivity contribution >= 4 is 29.1 Å². The van der Waals surface area contributed by atoms with Crippen molar-refractivity contribution in [3.8, 4) is 5.75 Å². The summed E-state index contributed by atoms with van der Waals surface area (Å²) < 4.78 is 0. The van der Waals surface area contributed by atoms with Gasteiger partial charge >= 0.3 is 0 Å². The number of hydrogen-bond acceptors (Lipinski definition) is 3. The Balaban J connectivity index is 1.86. The number of thioether (sulfide) groups is 1. The van der Waals surface area contributed by atoms with E-state index in [0.717, 1.165) is 10.5 Å². The molecule has 1 N–H and O–H groups in total. The first-order chi connectivity index (χ1) is 9.13. The largest absolute Gasteiger partial charge is 0.508 e. The summed E-state index contributed by atoms with van der Waals surface area (Å²) in [5, 5.41) is 9.84. The molecule has 0 bridgehead atoms. The quantitative estimate of drug-likeness (QED) is 0.848. The number of benzene rings is 2. The second kappa shape index (κ2) is 6.64. The third-order valence-electron chi connectivity index (χ3n) is 2.53. The lowest BCUT2D eigenvalue weighted by Gasteiger charge is -2.03. The fraction of sp³-hybridized carbons (Fsp3) is 0.133. The molecule has 0 fully saturated rings. The minimum absolute atomic E-state index is 0.149. The maximum atomic E-state index is 11.8. The van der Waals surface area contributed by atoms with Gasteiger partial charge in [-0.1, -0.05) is 29.8 Å². The summed E-state index contributed by atoms with van der Waals surface area (Å²) in [4.78, 5) is 12.8. The Morgan fingerprint density at radius 3 is 2.58 bits per heavy atom. The molecule has 0 atom stereocenters. The van der Waals surface area contributed by atoms with Crippen LogP contribution < -0.4 is 0 Å². The average molecular weight is 293 g/mol. The van der Waals surface area contributed by atoms with Crippen LogP contribution in [-0.2, 0) is 11.2 Å². The van der Waals surface area contributed by atoms with E-state index in [1.807, 2.05) is 24.3 Å². The number of aromatic hydroxyl groups is 1.